The van der Waals surface area contributed by atoms with Gasteiger partial charge in [0.15, 0.2) is 0 Å². The van der Waals surface area contributed by atoms with E-state index in [1.807, 2.05) is 30.3 Å². The van der Waals surface area contributed by atoms with Crippen molar-refractivity contribution >= 4 is 11.8 Å². The van der Waals surface area contributed by atoms with Crippen LogP contribution >= 0.6 is 0 Å². The average molecular weight is 488 g/mol. The SMILES string of the molecule is O=C(Nc1c2c(nn1-c1ccccc1)CCC2)N[C@@H]1CN(CC(F)(F)F)C[C@H]1c1ccccc1F. The van der Waals surface area contributed by atoms with Crippen LogP contribution in [0.25, 0.3) is 5.69 Å². The highest BCUT2D eigenvalue weighted by atomic mass is 19.4. The number of aromatic nitrogens is 2. The molecule has 0 bridgehead atoms. The Labute approximate surface area is 199 Å². The van der Waals surface area contributed by atoms with E-state index in [9.17, 15) is 22.4 Å². The van der Waals surface area contributed by atoms with Crippen LogP contribution in [0.5, 0.6) is 0 Å². The lowest BCUT2D eigenvalue weighted by molar-refractivity contribution is -0.143. The van der Waals surface area contributed by atoms with Gasteiger partial charge in [-0.25, -0.2) is 13.9 Å². The molecule has 2 atom stereocenters. The normalized spacial score (nSPS) is 20.1. The molecule has 2 aliphatic rings. The van der Waals surface area contributed by atoms with E-state index < -0.39 is 36.5 Å². The fraction of sp³-hybridized carbons (Fsp3) is 0.360. The van der Waals surface area contributed by atoms with Crippen LogP contribution < -0.4 is 10.6 Å². The first-order valence-corrected chi connectivity index (χ1v) is 11.6. The molecule has 35 heavy (non-hydrogen) atoms. The Morgan fingerprint density at radius 2 is 1.77 bits per heavy atom. The highest BCUT2D eigenvalue weighted by molar-refractivity contribution is 5.90. The lowest BCUT2D eigenvalue weighted by atomic mass is 9.94. The van der Waals surface area contributed by atoms with Gasteiger partial charge in [0, 0.05) is 24.6 Å². The van der Waals surface area contributed by atoms with E-state index in [4.69, 9.17) is 0 Å². The van der Waals surface area contributed by atoms with Gasteiger partial charge in [0.05, 0.1) is 24.0 Å². The van der Waals surface area contributed by atoms with Crippen LogP contribution in [-0.2, 0) is 12.8 Å². The predicted octanol–water partition coefficient (Wildman–Crippen LogP) is 4.65. The number of hydrogen-bond donors (Lipinski definition) is 2. The number of carbonyl (C=O) groups is 1. The van der Waals surface area contributed by atoms with Gasteiger partial charge >= 0.3 is 12.2 Å². The minimum atomic E-state index is -4.39. The van der Waals surface area contributed by atoms with E-state index >= 15 is 0 Å². The van der Waals surface area contributed by atoms with E-state index in [1.54, 1.807) is 16.8 Å². The van der Waals surface area contributed by atoms with E-state index in [0.717, 1.165) is 36.2 Å². The van der Waals surface area contributed by atoms with Crippen molar-refractivity contribution in [1.29, 1.82) is 0 Å². The van der Waals surface area contributed by atoms with Crippen molar-refractivity contribution in [3.8, 4) is 5.69 Å². The number of urea groups is 1. The smallest absolute Gasteiger partial charge is 0.333 e. The van der Waals surface area contributed by atoms with Crippen molar-refractivity contribution in [2.24, 2.45) is 0 Å². The van der Waals surface area contributed by atoms with Gasteiger partial charge in [-0.2, -0.15) is 18.3 Å². The largest absolute Gasteiger partial charge is 0.401 e. The molecule has 1 saturated heterocycles. The van der Waals surface area contributed by atoms with Gasteiger partial charge in [-0.05, 0) is 43.0 Å². The average Bonchev–Trinajstić information content (AvgIpc) is 3.50. The lowest BCUT2D eigenvalue weighted by Crippen LogP contribution is -2.43. The Balaban J connectivity index is 1.38. The van der Waals surface area contributed by atoms with Gasteiger partial charge in [-0.15, -0.1) is 0 Å². The summed E-state index contributed by atoms with van der Waals surface area (Å²) in [6.45, 7) is -1.17. The summed E-state index contributed by atoms with van der Waals surface area (Å²) in [5.74, 6) is -0.568. The van der Waals surface area contributed by atoms with E-state index in [1.165, 1.54) is 17.0 Å². The zero-order valence-corrected chi connectivity index (χ0v) is 18.9. The first-order chi connectivity index (χ1) is 16.8. The number of halogens is 4. The molecule has 1 fully saturated rings. The van der Waals surface area contributed by atoms with Gasteiger partial charge in [-0.1, -0.05) is 36.4 Å². The second kappa shape index (κ2) is 9.33. The Bertz CT molecular complexity index is 1210. The van der Waals surface area contributed by atoms with E-state index in [0.29, 0.717) is 5.82 Å². The van der Waals surface area contributed by atoms with E-state index in [-0.39, 0.29) is 18.7 Å². The van der Waals surface area contributed by atoms with Gasteiger partial charge in [0.2, 0.25) is 0 Å². The number of anilines is 1. The molecular formula is C25H25F4N5O. The summed E-state index contributed by atoms with van der Waals surface area (Å²) in [5.41, 5.74) is 2.96. The van der Waals surface area contributed by atoms with Crippen LogP contribution in [0, 0.1) is 5.82 Å². The van der Waals surface area contributed by atoms with Crippen molar-refractivity contribution in [2.75, 3.05) is 25.0 Å². The van der Waals surface area contributed by atoms with Gasteiger partial charge < -0.3 is 5.32 Å². The molecule has 1 aliphatic heterocycles. The van der Waals surface area contributed by atoms with Crippen LogP contribution in [0.1, 0.15) is 29.2 Å². The number of nitrogens with one attached hydrogen (secondary N) is 2. The second-order valence-corrected chi connectivity index (χ2v) is 9.02. The molecule has 10 heteroatoms. The van der Waals surface area contributed by atoms with Crippen LogP contribution in [0.2, 0.25) is 0 Å². The van der Waals surface area contributed by atoms with Crippen LogP contribution in [-0.4, -0.2) is 52.6 Å². The molecule has 1 aliphatic carbocycles. The molecule has 6 nitrogen and oxygen atoms in total. The quantitative estimate of drug-likeness (QED) is 0.515. The number of para-hydroxylation sites is 1. The summed E-state index contributed by atoms with van der Waals surface area (Å²) in [4.78, 5) is 14.3. The number of hydrogen-bond acceptors (Lipinski definition) is 3. The third-order valence-corrected chi connectivity index (χ3v) is 6.56. The summed E-state index contributed by atoms with van der Waals surface area (Å²) >= 11 is 0. The Morgan fingerprint density at radius 3 is 2.51 bits per heavy atom. The minimum absolute atomic E-state index is 0.0112. The summed E-state index contributed by atoms with van der Waals surface area (Å²) in [6.07, 6.45) is -1.86. The third-order valence-electron chi connectivity index (χ3n) is 6.56. The third kappa shape index (κ3) is 5.02. The van der Waals surface area contributed by atoms with Gasteiger partial charge in [0.1, 0.15) is 11.6 Å². The molecule has 2 amide bonds. The number of carbonyl (C=O) groups excluding carboxylic acids is 1. The minimum Gasteiger partial charge on any atom is -0.333 e. The maximum atomic E-state index is 14.5. The molecule has 5 rings (SSSR count). The molecular weight excluding hydrogens is 462 g/mol. The van der Waals surface area contributed by atoms with Gasteiger partial charge in [0.25, 0.3) is 0 Å². The van der Waals surface area contributed by atoms with Gasteiger partial charge in [-0.3, -0.25) is 10.2 Å². The Morgan fingerprint density at radius 1 is 1.03 bits per heavy atom. The van der Waals surface area contributed by atoms with Crippen molar-refractivity contribution < 1.29 is 22.4 Å². The van der Waals surface area contributed by atoms with Crippen LogP contribution in [0.15, 0.2) is 54.6 Å². The monoisotopic (exact) mass is 487 g/mol. The number of nitrogens with zero attached hydrogens (tertiary/aromatic N) is 3. The molecule has 0 unspecified atom stereocenters. The molecule has 0 saturated carbocycles. The van der Waals surface area contributed by atoms with Crippen molar-refractivity contribution in [2.45, 2.75) is 37.4 Å². The standard InChI is InChI=1S/C25H25F4N5O/c26-20-11-5-4-9-17(20)19-13-33(15-25(27,28)29)14-22(19)30-24(35)31-23-18-10-6-12-21(18)32-34(23)16-7-2-1-3-8-16/h1-5,7-9,11,19,22H,6,10,12-15H2,(H2,30,31,35)/t19-,22+/m0/s1. The van der Waals surface area contributed by atoms with Crippen molar-refractivity contribution in [1.82, 2.24) is 20.0 Å². The second-order valence-electron chi connectivity index (χ2n) is 9.02. The first kappa shape index (κ1) is 23.3. The summed E-state index contributed by atoms with van der Waals surface area (Å²) in [7, 11) is 0. The number of benzene rings is 2. The lowest BCUT2D eigenvalue weighted by Gasteiger charge is -2.21. The fourth-order valence-electron chi connectivity index (χ4n) is 5.09. The molecule has 0 radical (unpaired) electrons. The Kier molecular flexibility index (Phi) is 6.22. The first-order valence-electron chi connectivity index (χ1n) is 11.6. The number of aryl methyl sites for hydroxylation is 1. The number of likely N-dealkylation sites (tertiary alicyclic amines) is 1. The van der Waals surface area contributed by atoms with Crippen molar-refractivity contribution in [3.05, 3.63) is 77.2 Å². The highest BCUT2D eigenvalue weighted by Gasteiger charge is 2.41. The number of rotatable bonds is 5. The number of fused-ring (bicyclic) bond motifs is 1. The molecule has 184 valence electrons. The zero-order chi connectivity index (χ0) is 24.6. The maximum Gasteiger partial charge on any atom is 0.401 e. The predicted molar refractivity (Wildman–Crippen MR) is 123 cm³/mol. The number of alkyl halides is 3. The summed E-state index contributed by atoms with van der Waals surface area (Å²) < 4.78 is 55.4. The van der Waals surface area contributed by atoms with Crippen LogP contribution in [0.4, 0.5) is 28.2 Å². The fourth-order valence-corrected chi connectivity index (χ4v) is 5.09. The molecule has 3 aromatic rings. The van der Waals surface area contributed by atoms with Crippen molar-refractivity contribution in [3.63, 3.8) is 0 Å². The van der Waals surface area contributed by atoms with E-state index in [2.05, 4.69) is 15.7 Å². The topological polar surface area (TPSA) is 62.2 Å². The summed E-state index contributed by atoms with van der Waals surface area (Å²) in [5, 5.41) is 10.4. The molecule has 2 heterocycles. The molecule has 0 spiro atoms. The molecule has 1 aromatic heterocycles. The zero-order valence-electron chi connectivity index (χ0n) is 18.9. The molecule has 2 N–H and O–H groups in total. The molecule has 2 aromatic carbocycles. The Hall–Kier alpha value is -3.40. The number of amides is 2. The maximum absolute atomic E-state index is 14.5. The summed E-state index contributed by atoms with van der Waals surface area (Å²) in [6, 6.07) is 14.1. The highest BCUT2D eigenvalue weighted by Crippen LogP contribution is 2.33. The van der Waals surface area contributed by atoms with Crippen LogP contribution in [0.3, 0.4) is 0 Å².